The highest BCUT2D eigenvalue weighted by Crippen LogP contribution is 2.32. The van der Waals surface area contributed by atoms with Gasteiger partial charge in [-0.15, -0.1) is 0 Å². The molecule has 1 saturated carbocycles. The SMILES string of the molecule is CC1CCCC(O)(CNS(=O)(=O)c2ccc(F)c(N)c2)C1. The molecule has 118 valence electrons. The van der Waals surface area contributed by atoms with E-state index in [2.05, 4.69) is 4.72 Å². The Bertz CT molecular complexity index is 621. The van der Waals surface area contributed by atoms with E-state index in [0.29, 0.717) is 18.8 Å². The van der Waals surface area contributed by atoms with Crippen LogP contribution >= 0.6 is 0 Å². The van der Waals surface area contributed by atoms with E-state index < -0.39 is 21.4 Å². The molecule has 0 spiro atoms. The van der Waals surface area contributed by atoms with Gasteiger partial charge in [0.05, 0.1) is 16.2 Å². The largest absolute Gasteiger partial charge is 0.396 e. The van der Waals surface area contributed by atoms with Crippen LogP contribution in [-0.2, 0) is 10.0 Å². The Morgan fingerprint density at radius 3 is 2.86 bits per heavy atom. The lowest BCUT2D eigenvalue weighted by Gasteiger charge is -2.35. The van der Waals surface area contributed by atoms with Crippen molar-refractivity contribution in [2.75, 3.05) is 12.3 Å². The summed E-state index contributed by atoms with van der Waals surface area (Å²) in [6, 6.07) is 3.24. The number of nitrogens with one attached hydrogen (secondary N) is 1. The van der Waals surface area contributed by atoms with Gasteiger partial charge in [-0.05, 0) is 37.0 Å². The minimum absolute atomic E-state index is 0.0447. The third kappa shape index (κ3) is 3.93. The Morgan fingerprint density at radius 1 is 1.52 bits per heavy atom. The summed E-state index contributed by atoms with van der Waals surface area (Å²) in [5.41, 5.74) is 4.15. The molecule has 4 N–H and O–H groups in total. The number of rotatable bonds is 4. The summed E-state index contributed by atoms with van der Waals surface area (Å²) in [6.45, 7) is 2.00. The Labute approximate surface area is 124 Å². The second-order valence-corrected chi connectivity index (χ2v) is 7.70. The Kier molecular flexibility index (Phi) is 4.55. The normalized spacial score (nSPS) is 26.7. The zero-order chi connectivity index (χ0) is 15.7. The van der Waals surface area contributed by atoms with E-state index in [4.69, 9.17) is 5.73 Å². The van der Waals surface area contributed by atoms with Crippen molar-refractivity contribution in [1.29, 1.82) is 0 Å². The minimum Gasteiger partial charge on any atom is -0.396 e. The van der Waals surface area contributed by atoms with Gasteiger partial charge in [-0.2, -0.15) is 0 Å². The smallest absolute Gasteiger partial charge is 0.240 e. The molecule has 21 heavy (non-hydrogen) atoms. The maximum absolute atomic E-state index is 13.1. The monoisotopic (exact) mass is 316 g/mol. The fourth-order valence-electron chi connectivity index (χ4n) is 2.79. The predicted molar refractivity (Wildman–Crippen MR) is 78.6 cm³/mol. The molecule has 0 amide bonds. The van der Waals surface area contributed by atoms with Crippen LogP contribution in [0.1, 0.15) is 32.6 Å². The van der Waals surface area contributed by atoms with Gasteiger partial charge in [-0.1, -0.05) is 19.8 Å². The number of hydrogen-bond donors (Lipinski definition) is 3. The number of hydrogen-bond acceptors (Lipinski definition) is 4. The fourth-order valence-corrected chi connectivity index (χ4v) is 3.95. The lowest BCUT2D eigenvalue weighted by molar-refractivity contribution is -0.00751. The summed E-state index contributed by atoms with van der Waals surface area (Å²) in [5, 5.41) is 10.4. The standard InChI is InChI=1S/C14H21FN2O3S/c1-10-3-2-6-14(18,8-10)9-17-21(19,20)11-4-5-12(15)13(16)7-11/h4-5,7,10,17-18H,2-3,6,8-9,16H2,1H3. The van der Waals surface area contributed by atoms with Gasteiger partial charge in [0.15, 0.2) is 0 Å². The first-order chi connectivity index (χ1) is 9.72. The summed E-state index contributed by atoms with van der Waals surface area (Å²) < 4.78 is 39.8. The van der Waals surface area contributed by atoms with Crippen molar-refractivity contribution in [2.45, 2.75) is 43.1 Å². The van der Waals surface area contributed by atoms with Crippen LogP contribution in [0.2, 0.25) is 0 Å². The maximum Gasteiger partial charge on any atom is 0.240 e. The molecule has 1 aliphatic rings. The number of sulfonamides is 1. The van der Waals surface area contributed by atoms with Crippen LogP contribution in [0.15, 0.2) is 23.1 Å². The second kappa shape index (κ2) is 5.90. The molecule has 1 aromatic rings. The van der Waals surface area contributed by atoms with E-state index >= 15 is 0 Å². The summed E-state index contributed by atoms with van der Waals surface area (Å²) in [6.07, 6.45) is 3.07. The van der Waals surface area contributed by atoms with Crippen LogP contribution in [0.4, 0.5) is 10.1 Å². The number of benzene rings is 1. The van der Waals surface area contributed by atoms with Crippen molar-refractivity contribution in [3.63, 3.8) is 0 Å². The first-order valence-corrected chi connectivity index (χ1v) is 8.47. The molecule has 0 heterocycles. The lowest BCUT2D eigenvalue weighted by Crippen LogP contribution is -2.45. The molecule has 5 nitrogen and oxygen atoms in total. The van der Waals surface area contributed by atoms with Crippen LogP contribution in [0.5, 0.6) is 0 Å². The molecule has 1 fully saturated rings. The second-order valence-electron chi connectivity index (χ2n) is 5.93. The summed E-state index contributed by atoms with van der Waals surface area (Å²) in [5.74, 6) is -0.289. The molecular weight excluding hydrogens is 295 g/mol. The zero-order valence-corrected chi connectivity index (χ0v) is 12.8. The summed E-state index contributed by atoms with van der Waals surface area (Å²) in [7, 11) is -3.81. The molecule has 1 aliphatic carbocycles. The topological polar surface area (TPSA) is 92.4 Å². The van der Waals surface area contributed by atoms with E-state index in [9.17, 15) is 17.9 Å². The highest BCUT2D eigenvalue weighted by Gasteiger charge is 2.33. The van der Waals surface area contributed by atoms with Crippen LogP contribution < -0.4 is 10.5 Å². The molecular formula is C14H21FN2O3S. The lowest BCUT2D eigenvalue weighted by atomic mass is 9.79. The number of nitrogens with two attached hydrogens (primary N) is 1. The van der Waals surface area contributed by atoms with E-state index in [0.717, 1.165) is 31.0 Å². The number of aliphatic hydroxyl groups is 1. The Balaban J connectivity index is 2.09. The van der Waals surface area contributed by atoms with E-state index in [-0.39, 0.29) is 17.1 Å². The molecule has 1 aromatic carbocycles. The quantitative estimate of drug-likeness (QED) is 0.736. The van der Waals surface area contributed by atoms with E-state index in [1.165, 1.54) is 0 Å². The summed E-state index contributed by atoms with van der Waals surface area (Å²) in [4.78, 5) is -0.103. The molecule has 2 rings (SSSR count). The molecule has 2 unspecified atom stereocenters. The molecule has 0 bridgehead atoms. The molecule has 0 aromatic heterocycles. The number of anilines is 1. The highest BCUT2D eigenvalue weighted by molar-refractivity contribution is 7.89. The van der Waals surface area contributed by atoms with Crippen LogP contribution in [0.3, 0.4) is 0 Å². The first kappa shape index (κ1) is 16.2. The minimum atomic E-state index is -3.81. The third-order valence-electron chi connectivity index (χ3n) is 3.94. The van der Waals surface area contributed by atoms with Crippen molar-refractivity contribution < 1.29 is 17.9 Å². The van der Waals surface area contributed by atoms with Gasteiger partial charge in [0, 0.05) is 6.54 Å². The van der Waals surface area contributed by atoms with E-state index in [1.54, 1.807) is 0 Å². The van der Waals surface area contributed by atoms with Gasteiger partial charge in [0.2, 0.25) is 10.0 Å². The van der Waals surface area contributed by atoms with Crippen molar-refractivity contribution in [2.24, 2.45) is 5.92 Å². The van der Waals surface area contributed by atoms with Gasteiger partial charge in [0.25, 0.3) is 0 Å². The molecule has 7 heteroatoms. The van der Waals surface area contributed by atoms with Crippen LogP contribution in [0.25, 0.3) is 0 Å². The Morgan fingerprint density at radius 2 is 2.24 bits per heavy atom. The molecule has 0 aliphatic heterocycles. The average Bonchev–Trinajstić information content (AvgIpc) is 2.40. The predicted octanol–water partition coefficient (Wildman–Crippen LogP) is 1.63. The van der Waals surface area contributed by atoms with Gasteiger partial charge in [0.1, 0.15) is 5.82 Å². The number of nitrogen functional groups attached to an aromatic ring is 1. The van der Waals surface area contributed by atoms with Crippen molar-refractivity contribution in [3.05, 3.63) is 24.0 Å². The van der Waals surface area contributed by atoms with Gasteiger partial charge in [-0.25, -0.2) is 17.5 Å². The molecule has 0 radical (unpaired) electrons. The number of halogens is 1. The first-order valence-electron chi connectivity index (χ1n) is 6.99. The van der Waals surface area contributed by atoms with Gasteiger partial charge >= 0.3 is 0 Å². The van der Waals surface area contributed by atoms with Gasteiger partial charge < -0.3 is 10.8 Å². The molecule has 2 atom stereocenters. The summed E-state index contributed by atoms with van der Waals surface area (Å²) >= 11 is 0. The highest BCUT2D eigenvalue weighted by atomic mass is 32.2. The van der Waals surface area contributed by atoms with Crippen LogP contribution in [0, 0.1) is 11.7 Å². The molecule has 0 saturated heterocycles. The van der Waals surface area contributed by atoms with Crippen molar-refractivity contribution in [3.8, 4) is 0 Å². The maximum atomic E-state index is 13.1. The third-order valence-corrected chi connectivity index (χ3v) is 5.34. The average molecular weight is 316 g/mol. The zero-order valence-electron chi connectivity index (χ0n) is 12.0. The fraction of sp³-hybridized carbons (Fsp3) is 0.571. The van der Waals surface area contributed by atoms with Crippen molar-refractivity contribution in [1.82, 2.24) is 4.72 Å². The van der Waals surface area contributed by atoms with Gasteiger partial charge in [-0.3, -0.25) is 0 Å². The van der Waals surface area contributed by atoms with E-state index in [1.807, 2.05) is 6.92 Å². The van der Waals surface area contributed by atoms with Crippen LogP contribution in [-0.4, -0.2) is 25.7 Å². The Hall–Kier alpha value is -1.18. The van der Waals surface area contributed by atoms with Crippen molar-refractivity contribution >= 4 is 15.7 Å².